The van der Waals surface area contributed by atoms with Crippen molar-refractivity contribution in [1.82, 2.24) is 9.78 Å². The Hall–Kier alpha value is -1.94. The van der Waals surface area contributed by atoms with Gasteiger partial charge in [-0.15, -0.1) is 0 Å². The van der Waals surface area contributed by atoms with Gasteiger partial charge in [0, 0.05) is 17.7 Å². The SMILES string of the molecule is Cc1ccc(-c2cc(CO)c(=O)n(CC(C)C)n2)cc1. The van der Waals surface area contributed by atoms with Crippen molar-refractivity contribution in [1.29, 1.82) is 0 Å². The molecule has 0 aliphatic heterocycles. The standard InChI is InChI=1S/C16H20N2O2/c1-11(2)9-18-16(20)14(10-19)8-15(17-18)13-6-4-12(3)5-7-13/h4-8,11,19H,9-10H2,1-3H3. The Bertz CT molecular complexity index is 643. The summed E-state index contributed by atoms with van der Waals surface area (Å²) < 4.78 is 1.45. The number of nitrogens with zero attached hydrogens (tertiary/aromatic N) is 2. The average Bonchev–Trinajstić information content (AvgIpc) is 2.41. The molecule has 1 aromatic carbocycles. The zero-order valence-corrected chi connectivity index (χ0v) is 12.1. The Balaban J connectivity index is 2.53. The van der Waals surface area contributed by atoms with Crippen molar-refractivity contribution >= 4 is 0 Å². The van der Waals surface area contributed by atoms with Crippen LogP contribution in [0.2, 0.25) is 0 Å². The number of hydrogen-bond acceptors (Lipinski definition) is 3. The monoisotopic (exact) mass is 272 g/mol. The Labute approximate surface area is 118 Å². The Morgan fingerprint density at radius 3 is 2.45 bits per heavy atom. The van der Waals surface area contributed by atoms with E-state index < -0.39 is 0 Å². The first kappa shape index (κ1) is 14.5. The molecule has 1 heterocycles. The normalized spacial score (nSPS) is 11.1. The first-order valence-electron chi connectivity index (χ1n) is 6.80. The molecular formula is C16H20N2O2. The first-order chi connectivity index (χ1) is 9.51. The van der Waals surface area contributed by atoms with E-state index in [1.807, 2.05) is 45.0 Å². The van der Waals surface area contributed by atoms with E-state index in [-0.39, 0.29) is 12.2 Å². The molecule has 4 heteroatoms. The predicted molar refractivity (Wildman–Crippen MR) is 79.4 cm³/mol. The molecule has 4 nitrogen and oxygen atoms in total. The number of aliphatic hydroxyl groups excluding tert-OH is 1. The maximum Gasteiger partial charge on any atom is 0.272 e. The van der Waals surface area contributed by atoms with Gasteiger partial charge >= 0.3 is 0 Å². The van der Waals surface area contributed by atoms with E-state index in [1.165, 1.54) is 10.2 Å². The smallest absolute Gasteiger partial charge is 0.272 e. The van der Waals surface area contributed by atoms with E-state index in [2.05, 4.69) is 5.10 Å². The molecule has 0 unspecified atom stereocenters. The van der Waals surface area contributed by atoms with Crippen LogP contribution in [0.1, 0.15) is 25.0 Å². The minimum atomic E-state index is -0.266. The molecule has 0 bridgehead atoms. The van der Waals surface area contributed by atoms with Crippen LogP contribution >= 0.6 is 0 Å². The Morgan fingerprint density at radius 1 is 1.25 bits per heavy atom. The number of rotatable bonds is 4. The van der Waals surface area contributed by atoms with Crippen LogP contribution in [-0.4, -0.2) is 14.9 Å². The van der Waals surface area contributed by atoms with E-state index >= 15 is 0 Å². The molecule has 2 aromatic rings. The van der Waals surface area contributed by atoms with Gasteiger partial charge in [0.15, 0.2) is 0 Å². The van der Waals surface area contributed by atoms with Gasteiger partial charge in [-0.25, -0.2) is 4.68 Å². The van der Waals surface area contributed by atoms with E-state index in [1.54, 1.807) is 6.07 Å². The van der Waals surface area contributed by atoms with Crippen LogP contribution in [0.4, 0.5) is 0 Å². The van der Waals surface area contributed by atoms with Gasteiger partial charge in [0.2, 0.25) is 0 Å². The molecular weight excluding hydrogens is 252 g/mol. The summed E-state index contributed by atoms with van der Waals surface area (Å²) in [5.74, 6) is 0.319. The van der Waals surface area contributed by atoms with Crippen molar-refractivity contribution < 1.29 is 5.11 Å². The molecule has 20 heavy (non-hydrogen) atoms. The number of aryl methyl sites for hydroxylation is 1. The number of aliphatic hydroxyl groups is 1. The molecule has 1 N–H and O–H groups in total. The number of aromatic nitrogens is 2. The summed E-state index contributed by atoms with van der Waals surface area (Å²) >= 11 is 0. The van der Waals surface area contributed by atoms with Crippen LogP contribution in [-0.2, 0) is 13.2 Å². The van der Waals surface area contributed by atoms with E-state index in [0.717, 1.165) is 5.56 Å². The second-order valence-corrected chi connectivity index (χ2v) is 5.46. The van der Waals surface area contributed by atoms with Crippen molar-refractivity contribution in [3.05, 3.63) is 51.8 Å². The fraction of sp³-hybridized carbons (Fsp3) is 0.375. The minimum absolute atomic E-state index is 0.211. The van der Waals surface area contributed by atoms with Gasteiger partial charge in [-0.1, -0.05) is 43.7 Å². The third-order valence-electron chi connectivity index (χ3n) is 3.10. The molecule has 0 atom stereocenters. The second kappa shape index (κ2) is 6.01. The largest absolute Gasteiger partial charge is 0.391 e. The fourth-order valence-corrected chi connectivity index (χ4v) is 2.05. The third kappa shape index (κ3) is 3.14. The molecule has 106 valence electrons. The maximum atomic E-state index is 12.1. The molecule has 0 amide bonds. The molecule has 0 spiro atoms. The van der Waals surface area contributed by atoms with Crippen LogP contribution in [0.5, 0.6) is 0 Å². The van der Waals surface area contributed by atoms with Crippen molar-refractivity contribution in [2.24, 2.45) is 5.92 Å². The maximum absolute atomic E-state index is 12.1. The van der Waals surface area contributed by atoms with E-state index in [4.69, 9.17) is 0 Å². The van der Waals surface area contributed by atoms with E-state index in [9.17, 15) is 9.90 Å². The summed E-state index contributed by atoms with van der Waals surface area (Å²) in [6, 6.07) is 9.64. The summed E-state index contributed by atoms with van der Waals surface area (Å²) in [7, 11) is 0. The lowest BCUT2D eigenvalue weighted by atomic mass is 10.1. The lowest BCUT2D eigenvalue weighted by Gasteiger charge is -2.11. The van der Waals surface area contributed by atoms with Gasteiger partial charge in [0.1, 0.15) is 0 Å². The van der Waals surface area contributed by atoms with Crippen LogP contribution in [0.25, 0.3) is 11.3 Å². The third-order valence-corrected chi connectivity index (χ3v) is 3.10. The van der Waals surface area contributed by atoms with Crippen molar-refractivity contribution in [2.75, 3.05) is 0 Å². The summed E-state index contributed by atoms with van der Waals surface area (Å²) in [6.07, 6.45) is 0. The highest BCUT2D eigenvalue weighted by molar-refractivity contribution is 5.59. The van der Waals surface area contributed by atoms with Crippen molar-refractivity contribution in [2.45, 2.75) is 33.9 Å². The molecule has 0 aliphatic carbocycles. The van der Waals surface area contributed by atoms with Gasteiger partial charge in [-0.05, 0) is 18.9 Å². The Morgan fingerprint density at radius 2 is 1.90 bits per heavy atom. The number of benzene rings is 1. The van der Waals surface area contributed by atoms with Crippen molar-refractivity contribution in [3.8, 4) is 11.3 Å². The van der Waals surface area contributed by atoms with Gasteiger partial charge in [-0.3, -0.25) is 4.79 Å². The lowest BCUT2D eigenvalue weighted by Crippen LogP contribution is -2.28. The number of hydrogen-bond donors (Lipinski definition) is 1. The topological polar surface area (TPSA) is 55.1 Å². The van der Waals surface area contributed by atoms with Crippen LogP contribution in [0.3, 0.4) is 0 Å². The van der Waals surface area contributed by atoms with Crippen molar-refractivity contribution in [3.63, 3.8) is 0 Å². The van der Waals surface area contributed by atoms with Crippen LogP contribution in [0, 0.1) is 12.8 Å². The Kier molecular flexibility index (Phi) is 4.35. The van der Waals surface area contributed by atoms with Crippen LogP contribution < -0.4 is 5.56 Å². The van der Waals surface area contributed by atoms with E-state index in [0.29, 0.717) is 23.7 Å². The molecule has 0 saturated carbocycles. The highest BCUT2D eigenvalue weighted by Crippen LogP contribution is 2.17. The highest BCUT2D eigenvalue weighted by atomic mass is 16.3. The van der Waals surface area contributed by atoms with Gasteiger partial charge in [0.05, 0.1) is 12.3 Å². The lowest BCUT2D eigenvalue weighted by molar-refractivity contribution is 0.277. The molecule has 0 fully saturated rings. The first-order valence-corrected chi connectivity index (χ1v) is 6.80. The van der Waals surface area contributed by atoms with Crippen LogP contribution in [0.15, 0.2) is 35.1 Å². The molecule has 0 saturated heterocycles. The quantitative estimate of drug-likeness (QED) is 0.929. The highest BCUT2D eigenvalue weighted by Gasteiger charge is 2.10. The summed E-state index contributed by atoms with van der Waals surface area (Å²) in [5.41, 5.74) is 3.01. The zero-order valence-electron chi connectivity index (χ0n) is 12.1. The summed E-state index contributed by atoms with van der Waals surface area (Å²) in [4.78, 5) is 12.1. The molecule has 0 aliphatic rings. The van der Waals surface area contributed by atoms with Gasteiger partial charge in [0.25, 0.3) is 5.56 Å². The molecule has 1 aromatic heterocycles. The molecule has 0 radical (unpaired) electrons. The summed E-state index contributed by atoms with van der Waals surface area (Å²) in [6.45, 7) is 6.37. The fourth-order valence-electron chi connectivity index (χ4n) is 2.05. The molecule has 2 rings (SSSR count). The average molecular weight is 272 g/mol. The summed E-state index contributed by atoms with van der Waals surface area (Å²) in [5, 5.41) is 13.8. The second-order valence-electron chi connectivity index (χ2n) is 5.46. The minimum Gasteiger partial charge on any atom is -0.391 e. The zero-order chi connectivity index (χ0) is 14.7. The van der Waals surface area contributed by atoms with Gasteiger partial charge in [-0.2, -0.15) is 5.10 Å². The van der Waals surface area contributed by atoms with Gasteiger partial charge < -0.3 is 5.11 Å². The predicted octanol–water partition coefficient (Wildman–Crippen LogP) is 2.37.